The van der Waals surface area contributed by atoms with E-state index in [0.29, 0.717) is 22.0 Å². The van der Waals surface area contributed by atoms with E-state index in [1.807, 2.05) is 0 Å². The second-order valence-electron chi connectivity index (χ2n) is 4.83. The molecule has 0 unspecified atom stereocenters. The largest absolute Gasteiger partial charge is 0.497 e. The minimum atomic E-state index is -1.77. The molecule has 0 spiro atoms. The SMILES string of the molecule is COc1ccc(N[C@@H](NC(=O)c2cccc(Cl)c2)C(Cl)(Cl)Cl)cc1. The number of carbonyl (C=O) groups excluding carboxylic acids is 1. The van der Waals surface area contributed by atoms with Crippen molar-refractivity contribution >= 4 is 58.0 Å². The Bertz CT molecular complexity index is 702. The third kappa shape index (κ3) is 5.35. The summed E-state index contributed by atoms with van der Waals surface area (Å²) in [5.41, 5.74) is 1.01. The molecule has 128 valence electrons. The van der Waals surface area contributed by atoms with Gasteiger partial charge in [0.15, 0.2) is 0 Å². The molecule has 2 aromatic rings. The lowest BCUT2D eigenvalue weighted by molar-refractivity contribution is 0.0942. The second kappa shape index (κ2) is 8.17. The number of carbonyl (C=O) groups is 1. The first-order chi connectivity index (χ1) is 11.3. The summed E-state index contributed by atoms with van der Waals surface area (Å²) in [7, 11) is 1.57. The highest BCUT2D eigenvalue weighted by atomic mass is 35.6. The van der Waals surface area contributed by atoms with Crippen molar-refractivity contribution in [1.82, 2.24) is 5.32 Å². The molecule has 2 N–H and O–H groups in total. The number of hydrogen-bond acceptors (Lipinski definition) is 3. The quantitative estimate of drug-likeness (QED) is 0.548. The van der Waals surface area contributed by atoms with Gasteiger partial charge in [0.1, 0.15) is 11.9 Å². The molecule has 0 aromatic heterocycles. The van der Waals surface area contributed by atoms with Gasteiger partial charge in [-0.3, -0.25) is 4.79 Å². The maximum Gasteiger partial charge on any atom is 0.253 e. The molecule has 0 aliphatic rings. The van der Waals surface area contributed by atoms with Crippen molar-refractivity contribution < 1.29 is 9.53 Å². The highest BCUT2D eigenvalue weighted by Crippen LogP contribution is 2.31. The van der Waals surface area contributed by atoms with Crippen molar-refractivity contribution in [1.29, 1.82) is 0 Å². The summed E-state index contributed by atoms with van der Waals surface area (Å²) >= 11 is 23.8. The highest BCUT2D eigenvalue weighted by molar-refractivity contribution is 6.68. The van der Waals surface area contributed by atoms with Crippen LogP contribution in [0.5, 0.6) is 5.75 Å². The van der Waals surface area contributed by atoms with Gasteiger partial charge in [0.2, 0.25) is 3.79 Å². The lowest BCUT2D eigenvalue weighted by Gasteiger charge is -2.27. The summed E-state index contributed by atoms with van der Waals surface area (Å²) in [6.45, 7) is 0. The van der Waals surface area contributed by atoms with Gasteiger partial charge in [-0.25, -0.2) is 0 Å². The number of anilines is 1. The van der Waals surface area contributed by atoms with E-state index in [2.05, 4.69) is 10.6 Å². The average Bonchev–Trinajstić information content (AvgIpc) is 2.54. The monoisotopic (exact) mass is 406 g/mol. The van der Waals surface area contributed by atoms with Crippen molar-refractivity contribution in [2.75, 3.05) is 12.4 Å². The van der Waals surface area contributed by atoms with Gasteiger partial charge in [0.25, 0.3) is 5.91 Å². The molecule has 0 fully saturated rings. The smallest absolute Gasteiger partial charge is 0.253 e. The van der Waals surface area contributed by atoms with Crippen molar-refractivity contribution in [2.24, 2.45) is 0 Å². The van der Waals surface area contributed by atoms with E-state index in [1.54, 1.807) is 49.6 Å². The fourth-order valence-electron chi connectivity index (χ4n) is 1.90. The molecule has 1 atom stereocenters. The fraction of sp³-hybridized carbons (Fsp3) is 0.188. The van der Waals surface area contributed by atoms with Crippen LogP contribution < -0.4 is 15.4 Å². The number of halogens is 4. The van der Waals surface area contributed by atoms with Crippen LogP contribution in [-0.2, 0) is 0 Å². The number of benzene rings is 2. The summed E-state index contributed by atoms with van der Waals surface area (Å²) < 4.78 is 3.32. The molecule has 0 radical (unpaired) electrons. The molecule has 1 amide bonds. The van der Waals surface area contributed by atoms with Gasteiger partial charge in [-0.2, -0.15) is 0 Å². The summed E-state index contributed by atoms with van der Waals surface area (Å²) in [6.07, 6.45) is -0.956. The summed E-state index contributed by atoms with van der Waals surface area (Å²) in [5.74, 6) is 0.267. The van der Waals surface area contributed by atoms with E-state index in [0.717, 1.165) is 0 Å². The standard InChI is InChI=1S/C16H14Cl4N2O2/c1-24-13-7-5-12(6-8-13)21-15(16(18,19)20)22-14(23)10-3-2-4-11(17)9-10/h2-9,15,21H,1H3,(H,22,23)/t15-/m0/s1. The minimum Gasteiger partial charge on any atom is -0.497 e. The van der Waals surface area contributed by atoms with Crippen LogP contribution in [0.1, 0.15) is 10.4 Å². The van der Waals surface area contributed by atoms with Crippen LogP contribution in [0.15, 0.2) is 48.5 Å². The molecule has 0 aliphatic carbocycles. The van der Waals surface area contributed by atoms with Crippen LogP contribution >= 0.6 is 46.4 Å². The van der Waals surface area contributed by atoms with E-state index < -0.39 is 15.9 Å². The first-order valence-electron chi connectivity index (χ1n) is 6.83. The van der Waals surface area contributed by atoms with Crippen LogP contribution in [0.25, 0.3) is 0 Å². The molecule has 8 heteroatoms. The maximum atomic E-state index is 12.3. The number of nitrogens with one attached hydrogen (secondary N) is 2. The Morgan fingerprint density at radius 3 is 2.33 bits per heavy atom. The van der Waals surface area contributed by atoms with Crippen molar-refractivity contribution in [3.63, 3.8) is 0 Å². The van der Waals surface area contributed by atoms with Gasteiger partial charge in [0, 0.05) is 16.3 Å². The van der Waals surface area contributed by atoms with Crippen LogP contribution in [0.2, 0.25) is 5.02 Å². The van der Waals surface area contributed by atoms with Gasteiger partial charge in [-0.1, -0.05) is 52.5 Å². The number of alkyl halides is 3. The molecule has 2 rings (SSSR count). The zero-order chi connectivity index (χ0) is 17.7. The molecule has 0 heterocycles. The van der Waals surface area contributed by atoms with Gasteiger partial charge in [0.05, 0.1) is 7.11 Å². The summed E-state index contributed by atoms with van der Waals surface area (Å²) in [4.78, 5) is 12.3. The van der Waals surface area contributed by atoms with Crippen LogP contribution in [0.3, 0.4) is 0 Å². The lowest BCUT2D eigenvalue weighted by Crippen LogP contribution is -2.49. The zero-order valence-corrected chi connectivity index (χ0v) is 15.5. The lowest BCUT2D eigenvalue weighted by atomic mass is 10.2. The molecule has 0 bridgehead atoms. The Hall–Kier alpha value is -1.33. The number of rotatable bonds is 5. The first-order valence-corrected chi connectivity index (χ1v) is 8.34. The van der Waals surface area contributed by atoms with E-state index in [4.69, 9.17) is 51.1 Å². The Labute approximate surface area is 160 Å². The van der Waals surface area contributed by atoms with Crippen molar-refractivity contribution in [3.05, 3.63) is 59.1 Å². The molecular weight excluding hydrogens is 394 g/mol. The molecule has 0 saturated heterocycles. The molecular formula is C16H14Cl4N2O2. The van der Waals surface area contributed by atoms with E-state index >= 15 is 0 Å². The maximum absolute atomic E-state index is 12.3. The normalized spacial score (nSPS) is 12.4. The molecule has 0 aliphatic heterocycles. The number of ether oxygens (including phenoxy) is 1. The van der Waals surface area contributed by atoms with E-state index in [1.165, 1.54) is 6.07 Å². The molecule has 24 heavy (non-hydrogen) atoms. The van der Waals surface area contributed by atoms with E-state index in [-0.39, 0.29) is 0 Å². The van der Waals surface area contributed by atoms with Gasteiger partial charge < -0.3 is 15.4 Å². The van der Waals surface area contributed by atoms with Gasteiger partial charge in [-0.15, -0.1) is 0 Å². The van der Waals surface area contributed by atoms with Crippen molar-refractivity contribution in [2.45, 2.75) is 9.96 Å². The summed E-state index contributed by atoms with van der Waals surface area (Å²) in [6, 6.07) is 13.5. The third-order valence-electron chi connectivity index (χ3n) is 3.09. The zero-order valence-electron chi connectivity index (χ0n) is 12.5. The van der Waals surface area contributed by atoms with Gasteiger partial charge in [-0.05, 0) is 42.5 Å². The predicted molar refractivity (Wildman–Crippen MR) is 99.6 cm³/mol. The second-order valence-corrected chi connectivity index (χ2v) is 7.64. The Morgan fingerprint density at radius 1 is 1.12 bits per heavy atom. The number of amides is 1. The first kappa shape index (κ1) is 19.0. The average molecular weight is 408 g/mol. The Morgan fingerprint density at radius 2 is 1.79 bits per heavy atom. The topological polar surface area (TPSA) is 50.4 Å². The van der Waals surface area contributed by atoms with E-state index in [9.17, 15) is 4.79 Å². The highest BCUT2D eigenvalue weighted by Gasteiger charge is 2.34. The Kier molecular flexibility index (Phi) is 6.47. The Balaban J connectivity index is 2.14. The fourth-order valence-corrected chi connectivity index (χ4v) is 2.42. The number of methoxy groups -OCH3 is 1. The minimum absolute atomic E-state index is 0.360. The summed E-state index contributed by atoms with van der Waals surface area (Å²) in [5, 5.41) is 6.05. The van der Waals surface area contributed by atoms with Gasteiger partial charge >= 0.3 is 0 Å². The molecule has 4 nitrogen and oxygen atoms in total. The van der Waals surface area contributed by atoms with Crippen LogP contribution in [0, 0.1) is 0 Å². The molecule has 2 aromatic carbocycles. The number of hydrogen-bond donors (Lipinski definition) is 2. The van der Waals surface area contributed by atoms with Crippen LogP contribution in [-0.4, -0.2) is 23.0 Å². The van der Waals surface area contributed by atoms with Crippen LogP contribution in [0.4, 0.5) is 5.69 Å². The predicted octanol–water partition coefficient (Wildman–Crippen LogP) is 4.89. The van der Waals surface area contributed by atoms with Crippen molar-refractivity contribution in [3.8, 4) is 5.75 Å². The molecule has 0 saturated carbocycles. The third-order valence-corrected chi connectivity index (χ3v) is 3.98.